The molecule has 1 fully saturated rings. The maximum absolute atomic E-state index is 11.7. The number of hydrogen-bond acceptors (Lipinski definition) is 5. The number of amides is 2. The van der Waals surface area contributed by atoms with Crippen LogP contribution in [0.4, 0.5) is 11.4 Å². The summed E-state index contributed by atoms with van der Waals surface area (Å²) in [6.07, 6.45) is 1.75. The van der Waals surface area contributed by atoms with E-state index in [2.05, 4.69) is 10.6 Å². The fourth-order valence-electron chi connectivity index (χ4n) is 1.55. The first-order valence-corrected chi connectivity index (χ1v) is 5.95. The fraction of sp³-hybridized carbons (Fsp3) is 0.333. The van der Waals surface area contributed by atoms with E-state index in [0.717, 1.165) is 12.8 Å². The summed E-state index contributed by atoms with van der Waals surface area (Å²) in [6.45, 7) is 0. The number of ether oxygens (including phenoxy) is 1. The predicted molar refractivity (Wildman–Crippen MR) is 69.4 cm³/mol. The van der Waals surface area contributed by atoms with Crippen molar-refractivity contribution in [1.29, 1.82) is 0 Å². The number of benzene rings is 1. The lowest BCUT2D eigenvalue weighted by Crippen LogP contribution is -2.36. The molecule has 1 aliphatic rings. The smallest absolute Gasteiger partial charge is 0.313 e. The van der Waals surface area contributed by atoms with Crippen LogP contribution >= 0.6 is 0 Å². The quantitative estimate of drug-likeness (QED) is 0.481. The zero-order valence-electron chi connectivity index (χ0n) is 10.7. The Labute approximate surface area is 114 Å². The van der Waals surface area contributed by atoms with Gasteiger partial charge in [0.2, 0.25) is 0 Å². The largest absolute Gasteiger partial charge is 0.494 e. The van der Waals surface area contributed by atoms with Gasteiger partial charge in [-0.3, -0.25) is 19.7 Å². The number of carbonyl (C=O) groups is 2. The van der Waals surface area contributed by atoms with Gasteiger partial charge in [0.1, 0.15) is 5.75 Å². The number of non-ortho nitro benzene ring substituents is 1. The molecule has 0 unspecified atom stereocenters. The van der Waals surface area contributed by atoms with Gasteiger partial charge in [-0.1, -0.05) is 0 Å². The highest BCUT2D eigenvalue weighted by Gasteiger charge is 2.26. The topological polar surface area (TPSA) is 111 Å². The zero-order chi connectivity index (χ0) is 14.7. The minimum Gasteiger partial charge on any atom is -0.494 e. The number of rotatable bonds is 4. The van der Waals surface area contributed by atoms with E-state index in [9.17, 15) is 19.7 Å². The molecule has 0 atom stereocenters. The van der Waals surface area contributed by atoms with Crippen LogP contribution in [-0.2, 0) is 9.59 Å². The summed E-state index contributed by atoms with van der Waals surface area (Å²) in [5, 5.41) is 15.5. The van der Waals surface area contributed by atoms with Crippen LogP contribution in [0.25, 0.3) is 0 Å². The summed E-state index contributed by atoms with van der Waals surface area (Å²) >= 11 is 0. The number of nitro benzene ring substituents is 1. The molecule has 1 saturated carbocycles. The number of nitro groups is 1. The van der Waals surface area contributed by atoms with Gasteiger partial charge in [0.05, 0.1) is 23.8 Å². The highest BCUT2D eigenvalue weighted by atomic mass is 16.6. The summed E-state index contributed by atoms with van der Waals surface area (Å²) in [5.41, 5.74) is 0.0383. The van der Waals surface area contributed by atoms with Crippen LogP contribution in [0.3, 0.4) is 0 Å². The standard InChI is InChI=1S/C12H13N3O5/c1-20-10-6-8(15(18)19)4-5-9(10)14-12(17)11(16)13-7-2-3-7/h4-7H,2-3H2,1H3,(H,13,16)(H,14,17). The molecule has 1 aliphatic carbocycles. The summed E-state index contributed by atoms with van der Waals surface area (Å²) in [4.78, 5) is 33.2. The Morgan fingerprint density at radius 1 is 1.35 bits per heavy atom. The second kappa shape index (κ2) is 5.55. The van der Waals surface area contributed by atoms with Crippen molar-refractivity contribution in [1.82, 2.24) is 5.32 Å². The maximum Gasteiger partial charge on any atom is 0.313 e. The van der Waals surface area contributed by atoms with Gasteiger partial charge in [0, 0.05) is 12.1 Å². The molecule has 20 heavy (non-hydrogen) atoms. The lowest BCUT2D eigenvalue weighted by Gasteiger charge is -2.09. The first-order chi connectivity index (χ1) is 9.51. The number of carbonyl (C=O) groups excluding carboxylic acids is 2. The molecule has 2 N–H and O–H groups in total. The van der Waals surface area contributed by atoms with Gasteiger partial charge in [0.15, 0.2) is 0 Å². The number of nitrogens with zero attached hydrogens (tertiary/aromatic N) is 1. The molecule has 8 heteroatoms. The molecular weight excluding hydrogens is 266 g/mol. The molecule has 0 radical (unpaired) electrons. The van der Waals surface area contributed by atoms with Gasteiger partial charge >= 0.3 is 11.8 Å². The molecule has 0 aromatic heterocycles. The average Bonchev–Trinajstić information content (AvgIpc) is 3.22. The van der Waals surface area contributed by atoms with Crippen molar-refractivity contribution in [2.24, 2.45) is 0 Å². The minimum absolute atomic E-state index is 0.0759. The van der Waals surface area contributed by atoms with Gasteiger partial charge in [-0.05, 0) is 18.9 Å². The summed E-state index contributed by atoms with van der Waals surface area (Å²) in [5.74, 6) is -1.44. The van der Waals surface area contributed by atoms with Crippen molar-refractivity contribution in [2.75, 3.05) is 12.4 Å². The molecule has 106 valence electrons. The Morgan fingerprint density at radius 2 is 2.05 bits per heavy atom. The molecule has 2 amide bonds. The highest BCUT2D eigenvalue weighted by Crippen LogP contribution is 2.29. The molecule has 0 spiro atoms. The Balaban J connectivity index is 2.09. The van der Waals surface area contributed by atoms with Crippen LogP contribution in [0.5, 0.6) is 5.75 Å². The molecule has 2 rings (SSSR count). The highest BCUT2D eigenvalue weighted by molar-refractivity contribution is 6.39. The molecule has 0 bridgehead atoms. The molecule has 0 aliphatic heterocycles. The minimum atomic E-state index is -0.830. The lowest BCUT2D eigenvalue weighted by atomic mass is 10.2. The molecule has 0 saturated heterocycles. The predicted octanol–water partition coefficient (Wildman–Crippen LogP) is 0.820. The molecule has 1 aromatic carbocycles. The van der Waals surface area contributed by atoms with E-state index in [1.807, 2.05) is 0 Å². The summed E-state index contributed by atoms with van der Waals surface area (Å²) < 4.78 is 4.96. The second-order valence-electron chi connectivity index (χ2n) is 4.34. The number of nitrogens with one attached hydrogen (secondary N) is 2. The third-order valence-corrected chi connectivity index (χ3v) is 2.76. The number of anilines is 1. The van der Waals surface area contributed by atoms with Crippen molar-refractivity contribution in [3.05, 3.63) is 28.3 Å². The van der Waals surface area contributed by atoms with Gasteiger partial charge in [0.25, 0.3) is 5.69 Å². The number of methoxy groups -OCH3 is 1. The van der Waals surface area contributed by atoms with E-state index in [-0.39, 0.29) is 23.2 Å². The molecule has 0 heterocycles. The Bertz CT molecular complexity index is 568. The Hall–Kier alpha value is -2.64. The first kappa shape index (κ1) is 13.8. The van der Waals surface area contributed by atoms with Gasteiger partial charge in [-0.2, -0.15) is 0 Å². The van der Waals surface area contributed by atoms with Crippen LogP contribution in [0, 0.1) is 10.1 Å². The maximum atomic E-state index is 11.7. The SMILES string of the molecule is COc1cc([N+](=O)[O-])ccc1NC(=O)C(=O)NC1CC1. The van der Waals surface area contributed by atoms with Crippen LogP contribution in [0.2, 0.25) is 0 Å². The van der Waals surface area contributed by atoms with Crippen LogP contribution in [-0.4, -0.2) is 29.9 Å². The van der Waals surface area contributed by atoms with E-state index in [0.29, 0.717) is 0 Å². The van der Waals surface area contributed by atoms with Gasteiger partial charge < -0.3 is 15.4 Å². The molecule has 8 nitrogen and oxygen atoms in total. The van der Waals surface area contributed by atoms with Gasteiger partial charge in [-0.15, -0.1) is 0 Å². The van der Waals surface area contributed by atoms with Crippen molar-refractivity contribution < 1.29 is 19.2 Å². The second-order valence-corrected chi connectivity index (χ2v) is 4.34. The van der Waals surface area contributed by atoms with E-state index < -0.39 is 16.7 Å². The Morgan fingerprint density at radius 3 is 2.60 bits per heavy atom. The van der Waals surface area contributed by atoms with E-state index >= 15 is 0 Å². The van der Waals surface area contributed by atoms with Crippen molar-refractivity contribution in [3.63, 3.8) is 0 Å². The number of hydrogen-bond donors (Lipinski definition) is 2. The molecule has 1 aromatic rings. The van der Waals surface area contributed by atoms with E-state index in [1.165, 1.54) is 25.3 Å². The normalized spacial score (nSPS) is 13.4. The Kier molecular flexibility index (Phi) is 3.83. The third kappa shape index (κ3) is 3.22. The van der Waals surface area contributed by atoms with Crippen molar-refractivity contribution in [2.45, 2.75) is 18.9 Å². The third-order valence-electron chi connectivity index (χ3n) is 2.76. The van der Waals surface area contributed by atoms with E-state index in [1.54, 1.807) is 0 Å². The summed E-state index contributed by atoms with van der Waals surface area (Å²) in [6, 6.07) is 3.79. The van der Waals surface area contributed by atoms with Crippen LogP contribution in [0.15, 0.2) is 18.2 Å². The summed E-state index contributed by atoms with van der Waals surface area (Å²) in [7, 11) is 1.32. The first-order valence-electron chi connectivity index (χ1n) is 5.95. The van der Waals surface area contributed by atoms with Gasteiger partial charge in [-0.25, -0.2) is 0 Å². The van der Waals surface area contributed by atoms with E-state index in [4.69, 9.17) is 4.74 Å². The van der Waals surface area contributed by atoms with Crippen LogP contribution in [0.1, 0.15) is 12.8 Å². The van der Waals surface area contributed by atoms with Crippen molar-refractivity contribution in [3.8, 4) is 5.75 Å². The monoisotopic (exact) mass is 279 g/mol. The lowest BCUT2D eigenvalue weighted by molar-refractivity contribution is -0.384. The zero-order valence-corrected chi connectivity index (χ0v) is 10.7. The van der Waals surface area contributed by atoms with Crippen LogP contribution < -0.4 is 15.4 Å². The molecular formula is C12H13N3O5. The fourth-order valence-corrected chi connectivity index (χ4v) is 1.55. The van der Waals surface area contributed by atoms with Crippen molar-refractivity contribution >= 4 is 23.2 Å². The average molecular weight is 279 g/mol.